The Bertz CT molecular complexity index is 589. The summed E-state index contributed by atoms with van der Waals surface area (Å²) in [5.41, 5.74) is 0.744. The SMILES string of the molecule is CNCc1ccc(F)c(S(=O)(=O)NCC2CCC(C)C2)c1. The van der Waals surface area contributed by atoms with E-state index in [1.54, 1.807) is 13.1 Å². The van der Waals surface area contributed by atoms with Gasteiger partial charge in [0.15, 0.2) is 0 Å². The molecule has 2 rings (SSSR count). The molecule has 2 atom stereocenters. The number of rotatable bonds is 6. The van der Waals surface area contributed by atoms with E-state index in [0.29, 0.717) is 24.9 Å². The van der Waals surface area contributed by atoms with Crippen molar-refractivity contribution in [3.8, 4) is 0 Å². The Labute approximate surface area is 126 Å². The molecule has 0 aliphatic heterocycles. The van der Waals surface area contributed by atoms with E-state index in [9.17, 15) is 12.8 Å². The van der Waals surface area contributed by atoms with Gasteiger partial charge in [0, 0.05) is 13.1 Å². The van der Waals surface area contributed by atoms with Crippen molar-refractivity contribution in [1.82, 2.24) is 10.0 Å². The molecule has 0 bridgehead atoms. The van der Waals surface area contributed by atoms with Gasteiger partial charge in [-0.15, -0.1) is 0 Å². The van der Waals surface area contributed by atoms with Gasteiger partial charge in [0.1, 0.15) is 10.7 Å². The van der Waals surface area contributed by atoms with Gasteiger partial charge < -0.3 is 5.32 Å². The molecule has 0 amide bonds. The van der Waals surface area contributed by atoms with Gasteiger partial charge in [-0.25, -0.2) is 17.5 Å². The molecule has 0 spiro atoms. The highest BCUT2D eigenvalue weighted by molar-refractivity contribution is 7.89. The lowest BCUT2D eigenvalue weighted by Gasteiger charge is -2.13. The molecule has 1 aromatic rings. The first-order valence-electron chi connectivity index (χ1n) is 7.35. The fourth-order valence-corrected chi connectivity index (χ4v) is 4.13. The van der Waals surface area contributed by atoms with E-state index in [1.807, 2.05) is 0 Å². The second-order valence-electron chi connectivity index (χ2n) is 5.93. The summed E-state index contributed by atoms with van der Waals surface area (Å²) in [6, 6.07) is 4.19. The maximum Gasteiger partial charge on any atom is 0.243 e. The molecule has 118 valence electrons. The Kier molecular flexibility index (Phi) is 5.35. The zero-order chi connectivity index (χ0) is 15.5. The standard InChI is InChI=1S/C15H23FN2O2S/c1-11-3-4-12(7-11)10-18-21(19,20)15-8-13(9-17-2)5-6-14(15)16/h5-6,8,11-12,17-18H,3-4,7,9-10H2,1-2H3. The minimum Gasteiger partial charge on any atom is -0.316 e. The lowest BCUT2D eigenvalue weighted by atomic mass is 10.1. The molecule has 1 aromatic carbocycles. The Balaban J connectivity index is 2.09. The molecular formula is C15H23FN2O2S. The predicted molar refractivity (Wildman–Crippen MR) is 80.9 cm³/mol. The average molecular weight is 314 g/mol. The number of hydrogen-bond acceptors (Lipinski definition) is 3. The molecule has 0 saturated heterocycles. The topological polar surface area (TPSA) is 58.2 Å². The summed E-state index contributed by atoms with van der Waals surface area (Å²) < 4.78 is 40.9. The summed E-state index contributed by atoms with van der Waals surface area (Å²) in [5.74, 6) is 0.302. The summed E-state index contributed by atoms with van der Waals surface area (Å²) in [6.07, 6.45) is 3.20. The van der Waals surface area contributed by atoms with E-state index < -0.39 is 15.8 Å². The number of halogens is 1. The normalized spacial score (nSPS) is 22.6. The maximum absolute atomic E-state index is 13.8. The van der Waals surface area contributed by atoms with E-state index >= 15 is 0 Å². The third-order valence-electron chi connectivity index (χ3n) is 4.03. The van der Waals surface area contributed by atoms with Crippen molar-refractivity contribution in [3.63, 3.8) is 0 Å². The third kappa shape index (κ3) is 4.25. The number of benzene rings is 1. The predicted octanol–water partition coefficient (Wildman–Crippen LogP) is 2.26. The van der Waals surface area contributed by atoms with Crippen LogP contribution in [0.2, 0.25) is 0 Å². The van der Waals surface area contributed by atoms with Crippen molar-refractivity contribution in [2.45, 2.75) is 37.6 Å². The molecule has 1 fully saturated rings. The smallest absolute Gasteiger partial charge is 0.243 e. The average Bonchev–Trinajstić information content (AvgIpc) is 2.85. The Morgan fingerprint density at radius 3 is 2.71 bits per heavy atom. The van der Waals surface area contributed by atoms with Crippen LogP contribution in [0.4, 0.5) is 4.39 Å². The quantitative estimate of drug-likeness (QED) is 0.847. The number of nitrogens with one attached hydrogen (secondary N) is 2. The largest absolute Gasteiger partial charge is 0.316 e. The van der Waals surface area contributed by atoms with Gasteiger partial charge in [-0.2, -0.15) is 0 Å². The van der Waals surface area contributed by atoms with E-state index in [-0.39, 0.29) is 4.90 Å². The van der Waals surface area contributed by atoms with Gasteiger partial charge in [-0.1, -0.05) is 19.4 Å². The van der Waals surface area contributed by atoms with Crippen LogP contribution in [0.5, 0.6) is 0 Å². The molecule has 0 radical (unpaired) electrons. The number of sulfonamides is 1. The van der Waals surface area contributed by atoms with Crippen molar-refractivity contribution in [3.05, 3.63) is 29.6 Å². The van der Waals surface area contributed by atoms with Crippen LogP contribution in [-0.2, 0) is 16.6 Å². The molecule has 4 nitrogen and oxygen atoms in total. The van der Waals surface area contributed by atoms with E-state index in [4.69, 9.17) is 0 Å². The van der Waals surface area contributed by atoms with Gasteiger partial charge in [0.25, 0.3) is 0 Å². The van der Waals surface area contributed by atoms with Gasteiger partial charge in [0.2, 0.25) is 10.0 Å². The lowest BCUT2D eigenvalue weighted by Crippen LogP contribution is -2.29. The highest BCUT2D eigenvalue weighted by atomic mass is 32.2. The Hall–Kier alpha value is -0.980. The monoisotopic (exact) mass is 314 g/mol. The highest BCUT2D eigenvalue weighted by Gasteiger charge is 2.25. The maximum atomic E-state index is 13.8. The zero-order valence-corrected chi connectivity index (χ0v) is 13.3. The Morgan fingerprint density at radius 1 is 1.33 bits per heavy atom. The fraction of sp³-hybridized carbons (Fsp3) is 0.600. The molecule has 1 aliphatic carbocycles. The molecule has 21 heavy (non-hydrogen) atoms. The zero-order valence-electron chi connectivity index (χ0n) is 12.5. The van der Waals surface area contributed by atoms with Crippen LogP contribution in [-0.4, -0.2) is 22.0 Å². The van der Waals surface area contributed by atoms with Crippen LogP contribution in [0.15, 0.2) is 23.1 Å². The van der Waals surface area contributed by atoms with Gasteiger partial charge in [-0.3, -0.25) is 0 Å². The minimum absolute atomic E-state index is 0.263. The number of hydrogen-bond donors (Lipinski definition) is 2. The lowest BCUT2D eigenvalue weighted by molar-refractivity contribution is 0.495. The molecule has 2 N–H and O–H groups in total. The van der Waals surface area contributed by atoms with Crippen LogP contribution in [0, 0.1) is 17.7 Å². The van der Waals surface area contributed by atoms with Crippen LogP contribution < -0.4 is 10.0 Å². The van der Waals surface area contributed by atoms with Crippen molar-refractivity contribution >= 4 is 10.0 Å². The van der Waals surface area contributed by atoms with E-state index in [1.165, 1.54) is 12.1 Å². The molecule has 0 aromatic heterocycles. The van der Waals surface area contributed by atoms with Crippen LogP contribution in [0.25, 0.3) is 0 Å². The second kappa shape index (κ2) is 6.85. The first-order valence-corrected chi connectivity index (χ1v) is 8.83. The molecule has 1 aliphatic rings. The first kappa shape index (κ1) is 16.4. The van der Waals surface area contributed by atoms with Crippen molar-refractivity contribution in [2.75, 3.05) is 13.6 Å². The molecule has 2 unspecified atom stereocenters. The molecule has 1 saturated carbocycles. The highest BCUT2D eigenvalue weighted by Crippen LogP contribution is 2.30. The second-order valence-corrected chi connectivity index (χ2v) is 7.67. The molecule has 0 heterocycles. The minimum atomic E-state index is -3.79. The summed E-state index contributed by atoms with van der Waals surface area (Å²) in [4.78, 5) is -0.263. The summed E-state index contributed by atoms with van der Waals surface area (Å²) in [6.45, 7) is 3.07. The summed E-state index contributed by atoms with van der Waals surface area (Å²) in [5, 5.41) is 2.93. The van der Waals surface area contributed by atoms with E-state index in [0.717, 1.165) is 24.8 Å². The first-order chi connectivity index (χ1) is 9.92. The van der Waals surface area contributed by atoms with Gasteiger partial charge >= 0.3 is 0 Å². The van der Waals surface area contributed by atoms with Gasteiger partial charge in [-0.05, 0) is 49.4 Å². The van der Waals surface area contributed by atoms with Crippen molar-refractivity contribution in [2.24, 2.45) is 11.8 Å². The summed E-state index contributed by atoms with van der Waals surface area (Å²) in [7, 11) is -2.03. The van der Waals surface area contributed by atoms with Crippen LogP contribution in [0.1, 0.15) is 31.7 Å². The van der Waals surface area contributed by atoms with E-state index in [2.05, 4.69) is 17.0 Å². The Morgan fingerprint density at radius 2 is 2.10 bits per heavy atom. The molecule has 6 heteroatoms. The van der Waals surface area contributed by atoms with Crippen molar-refractivity contribution < 1.29 is 12.8 Å². The summed E-state index contributed by atoms with van der Waals surface area (Å²) >= 11 is 0. The fourth-order valence-electron chi connectivity index (χ4n) is 2.88. The molecular weight excluding hydrogens is 291 g/mol. The third-order valence-corrected chi connectivity index (χ3v) is 5.47. The van der Waals surface area contributed by atoms with Gasteiger partial charge in [0.05, 0.1) is 0 Å². The van der Waals surface area contributed by atoms with Crippen molar-refractivity contribution in [1.29, 1.82) is 0 Å². The van der Waals surface area contributed by atoms with Crippen LogP contribution in [0.3, 0.4) is 0 Å². The van der Waals surface area contributed by atoms with Crippen LogP contribution >= 0.6 is 0 Å².